The Labute approximate surface area is 156 Å². The molecule has 0 saturated heterocycles. The number of nitrogens with zero attached hydrogens (tertiary/aromatic N) is 1. The van der Waals surface area contributed by atoms with E-state index in [-0.39, 0.29) is 4.90 Å². The van der Waals surface area contributed by atoms with E-state index in [9.17, 15) is 13.2 Å². The molecule has 27 heavy (non-hydrogen) atoms. The zero-order valence-electron chi connectivity index (χ0n) is 14.5. The summed E-state index contributed by atoms with van der Waals surface area (Å²) in [5.74, 6) is -0.676. The number of sulfonamides is 1. The normalized spacial score (nSPS) is 11.6. The van der Waals surface area contributed by atoms with Crippen molar-refractivity contribution in [2.24, 2.45) is 0 Å². The highest BCUT2D eigenvalue weighted by Crippen LogP contribution is 2.26. The van der Waals surface area contributed by atoms with Crippen molar-refractivity contribution < 1.29 is 13.2 Å². The molecular formula is C21H16N2O3S. The van der Waals surface area contributed by atoms with Crippen molar-refractivity contribution in [3.05, 3.63) is 83.9 Å². The lowest BCUT2D eigenvalue weighted by atomic mass is 10.0. The molecule has 1 aromatic heterocycles. The minimum absolute atomic E-state index is 0.0455. The van der Waals surface area contributed by atoms with Gasteiger partial charge in [-0.15, -0.1) is 0 Å². The summed E-state index contributed by atoms with van der Waals surface area (Å²) in [4.78, 5) is 17.6. The third kappa shape index (κ3) is 3.15. The molecule has 0 spiro atoms. The highest BCUT2D eigenvalue weighted by atomic mass is 32.2. The van der Waals surface area contributed by atoms with Crippen molar-refractivity contribution >= 4 is 37.7 Å². The second-order valence-corrected chi connectivity index (χ2v) is 7.95. The van der Waals surface area contributed by atoms with Crippen LogP contribution in [0.25, 0.3) is 21.8 Å². The van der Waals surface area contributed by atoms with Gasteiger partial charge in [-0.25, -0.2) is 18.1 Å². The summed E-state index contributed by atoms with van der Waals surface area (Å²) >= 11 is 0. The number of aromatic nitrogens is 1. The van der Waals surface area contributed by atoms with Crippen LogP contribution in [0.1, 0.15) is 15.9 Å². The number of aryl methyl sites for hydroxylation is 1. The Hall–Kier alpha value is -3.25. The standard InChI is InChI=1S/C21H16N2O3S/c1-14-10-12-15(13-11-14)27(25,26)23-21(24)20-16-6-2-4-8-18(16)22-19-9-5-3-7-17(19)20/h2-13H,1H3,(H,23,24). The van der Waals surface area contributed by atoms with Crippen molar-refractivity contribution in [1.82, 2.24) is 9.71 Å². The molecule has 5 nitrogen and oxygen atoms in total. The molecule has 0 unspecified atom stereocenters. The molecule has 4 rings (SSSR count). The van der Waals surface area contributed by atoms with Crippen LogP contribution in [0.15, 0.2) is 77.7 Å². The SMILES string of the molecule is Cc1ccc(S(=O)(=O)NC(=O)c2c3ccccc3nc3ccccc23)cc1. The lowest BCUT2D eigenvalue weighted by Gasteiger charge is -2.12. The van der Waals surface area contributed by atoms with Gasteiger partial charge in [0.1, 0.15) is 0 Å². The van der Waals surface area contributed by atoms with Gasteiger partial charge in [0.15, 0.2) is 0 Å². The van der Waals surface area contributed by atoms with Crippen LogP contribution in [0.3, 0.4) is 0 Å². The van der Waals surface area contributed by atoms with Crippen LogP contribution in [-0.4, -0.2) is 19.3 Å². The predicted molar refractivity (Wildman–Crippen MR) is 105 cm³/mol. The Bertz CT molecular complexity index is 1230. The van der Waals surface area contributed by atoms with Gasteiger partial charge in [-0.3, -0.25) is 4.79 Å². The van der Waals surface area contributed by atoms with Gasteiger partial charge in [0.2, 0.25) is 0 Å². The Kier molecular flexibility index (Phi) is 4.12. The van der Waals surface area contributed by atoms with E-state index in [0.717, 1.165) is 5.56 Å². The van der Waals surface area contributed by atoms with Crippen LogP contribution < -0.4 is 4.72 Å². The van der Waals surface area contributed by atoms with Gasteiger partial charge in [0.25, 0.3) is 15.9 Å². The number of carbonyl (C=O) groups is 1. The van der Waals surface area contributed by atoms with Crippen LogP contribution in [0.4, 0.5) is 0 Å². The number of hydrogen-bond acceptors (Lipinski definition) is 4. The third-order valence-electron chi connectivity index (χ3n) is 4.37. The van der Waals surface area contributed by atoms with E-state index in [2.05, 4.69) is 9.71 Å². The molecule has 134 valence electrons. The summed E-state index contributed by atoms with van der Waals surface area (Å²) in [5, 5.41) is 1.21. The first kappa shape index (κ1) is 17.2. The first-order valence-electron chi connectivity index (χ1n) is 8.37. The van der Waals surface area contributed by atoms with E-state index in [0.29, 0.717) is 27.4 Å². The summed E-state index contributed by atoms with van der Waals surface area (Å²) in [6.07, 6.45) is 0. The molecule has 0 aliphatic rings. The maximum Gasteiger partial charge on any atom is 0.266 e. The fourth-order valence-electron chi connectivity index (χ4n) is 3.03. The molecule has 3 aromatic carbocycles. The minimum atomic E-state index is -3.98. The topological polar surface area (TPSA) is 76.1 Å². The molecule has 1 amide bonds. The third-order valence-corrected chi connectivity index (χ3v) is 5.72. The van der Waals surface area contributed by atoms with Crippen LogP contribution in [-0.2, 0) is 10.0 Å². The molecule has 0 radical (unpaired) electrons. The average molecular weight is 376 g/mol. The van der Waals surface area contributed by atoms with Gasteiger partial charge in [0, 0.05) is 10.8 Å². The van der Waals surface area contributed by atoms with Crippen LogP contribution in [0.2, 0.25) is 0 Å². The van der Waals surface area contributed by atoms with E-state index in [1.807, 2.05) is 19.1 Å². The number of benzene rings is 3. The summed E-state index contributed by atoms with van der Waals surface area (Å²) in [7, 11) is -3.98. The number of hydrogen-bond donors (Lipinski definition) is 1. The Morgan fingerprint density at radius 2 is 1.33 bits per heavy atom. The van der Waals surface area contributed by atoms with Gasteiger partial charge in [-0.2, -0.15) is 0 Å². The van der Waals surface area contributed by atoms with Gasteiger partial charge in [-0.05, 0) is 31.2 Å². The second kappa shape index (κ2) is 6.48. The smallest absolute Gasteiger partial charge is 0.266 e. The lowest BCUT2D eigenvalue weighted by molar-refractivity contribution is 0.0984. The number of carbonyl (C=O) groups excluding carboxylic acids is 1. The number of amides is 1. The zero-order valence-corrected chi connectivity index (χ0v) is 15.3. The molecule has 0 aliphatic carbocycles. The van der Waals surface area contributed by atoms with Gasteiger partial charge >= 0.3 is 0 Å². The monoisotopic (exact) mass is 376 g/mol. The first-order chi connectivity index (χ1) is 13.0. The molecule has 1 N–H and O–H groups in total. The molecule has 1 heterocycles. The van der Waals surface area contributed by atoms with Crippen molar-refractivity contribution in [1.29, 1.82) is 0 Å². The molecule has 4 aromatic rings. The van der Waals surface area contributed by atoms with Crippen LogP contribution in [0, 0.1) is 6.92 Å². The fraction of sp³-hybridized carbons (Fsp3) is 0.0476. The first-order valence-corrected chi connectivity index (χ1v) is 9.85. The van der Waals surface area contributed by atoms with Crippen LogP contribution in [0.5, 0.6) is 0 Å². The maximum absolute atomic E-state index is 13.0. The van der Waals surface area contributed by atoms with Gasteiger partial charge in [0.05, 0.1) is 21.5 Å². The van der Waals surface area contributed by atoms with Crippen molar-refractivity contribution in [3.63, 3.8) is 0 Å². The van der Waals surface area contributed by atoms with E-state index in [1.165, 1.54) is 12.1 Å². The lowest BCUT2D eigenvalue weighted by Crippen LogP contribution is -2.31. The average Bonchev–Trinajstić information content (AvgIpc) is 2.66. The Balaban J connectivity index is 1.85. The molecule has 0 bridgehead atoms. The molecular weight excluding hydrogens is 360 g/mol. The van der Waals surface area contributed by atoms with Crippen molar-refractivity contribution in [2.45, 2.75) is 11.8 Å². The maximum atomic E-state index is 13.0. The molecule has 6 heteroatoms. The highest BCUT2D eigenvalue weighted by molar-refractivity contribution is 7.90. The van der Waals surface area contributed by atoms with E-state index in [1.54, 1.807) is 48.5 Å². The molecule has 0 atom stereocenters. The van der Waals surface area contributed by atoms with E-state index in [4.69, 9.17) is 0 Å². The fourth-order valence-corrected chi connectivity index (χ4v) is 3.99. The summed E-state index contributed by atoms with van der Waals surface area (Å²) in [5.41, 5.74) is 2.50. The van der Waals surface area contributed by atoms with Crippen LogP contribution >= 0.6 is 0 Å². The highest BCUT2D eigenvalue weighted by Gasteiger charge is 2.22. The summed E-state index contributed by atoms with van der Waals surface area (Å²) < 4.78 is 27.5. The minimum Gasteiger partial charge on any atom is -0.268 e. The molecule has 0 fully saturated rings. The number of rotatable bonds is 3. The van der Waals surface area contributed by atoms with E-state index < -0.39 is 15.9 Å². The second-order valence-electron chi connectivity index (χ2n) is 6.27. The van der Waals surface area contributed by atoms with Crippen molar-refractivity contribution in [2.75, 3.05) is 0 Å². The number of pyridine rings is 1. The molecule has 0 saturated carbocycles. The number of fused-ring (bicyclic) bond motifs is 2. The summed E-state index contributed by atoms with van der Waals surface area (Å²) in [6.45, 7) is 1.87. The van der Waals surface area contributed by atoms with Gasteiger partial charge < -0.3 is 0 Å². The quantitative estimate of drug-likeness (QED) is 0.552. The van der Waals surface area contributed by atoms with Crippen molar-refractivity contribution in [3.8, 4) is 0 Å². The Morgan fingerprint density at radius 1 is 0.815 bits per heavy atom. The number of nitrogens with one attached hydrogen (secondary N) is 1. The largest absolute Gasteiger partial charge is 0.268 e. The zero-order chi connectivity index (χ0) is 19.0. The molecule has 0 aliphatic heterocycles. The Morgan fingerprint density at radius 3 is 1.89 bits per heavy atom. The summed E-state index contributed by atoms with van der Waals surface area (Å²) in [6, 6.07) is 20.7. The number of para-hydroxylation sites is 2. The van der Waals surface area contributed by atoms with Gasteiger partial charge in [-0.1, -0.05) is 54.1 Å². The predicted octanol–water partition coefficient (Wildman–Crippen LogP) is 3.82. The van der Waals surface area contributed by atoms with E-state index >= 15 is 0 Å².